The number of nitrogens with zero attached hydrogens (tertiary/aromatic N) is 1. The third-order valence-electron chi connectivity index (χ3n) is 3.78. The van der Waals surface area contributed by atoms with Crippen LogP contribution in [0.1, 0.15) is 25.7 Å². The fourth-order valence-corrected chi connectivity index (χ4v) is 4.96. The number of halogens is 1. The fraction of sp³-hybridized carbons (Fsp3) is 0.429. The van der Waals surface area contributed by atoms with Gasteiger partial charge in [0.1, 0.15) is 0 Å². The summed E-state index contributed by atoms with van der Waals surface area (Å²) in [5.74, 6) is 0. The Balaban J connectivity index is 1.82. The first-order chi connectivity index (χ1) is 9.09. The maximum atomic E-state index is 12.6. The van der Waals surface area contributed by atoms with Crippen LogP contribution in [0.4, 0.5) is 0 Å². The van der Waals surface area contributed by atoms with E-state index in [0.717, 1.165) is 12.8 Å². The van der Waals surface area contributed by atoms with Crippen molar-refractivity contribution >= 4 is 26.0 Å². The summed E-state index contributed by atoms with van der Waals surface area (Å²) in [5, 5.41) is 0. The SMILES string of the molecule is O=S(=O)(c1ccccc1Br)N1CCC(=C2CC2)CC1. The molecule has 1 saturated carbocycles. The number of hydrogen-bond acceptors (Lipinski definition) is 2. The summed E-state index contributed by atoms with van der Waals surface area (Å²) in [6.07, 6.45) is 4.26. The minimum atomic E-state index is -3.36. The van der Waals surface area contributed by atoms with Crippen molar-refractivity contribution < 1.29 is 8.42 Å². The average Bonchev–Trinajstić information content (AvgIpc) is 3.23. The Morgan fingerprint density at radius 3 is 2.11 bits per heavy atom. The van der Waals surface area contributed by atoms with E-state index in [1.54, 1.807) is 28.1 Å². The lowest BCUT2D eigenvalue weighted by Gasteiger charge is -2.28. The monoisotopic (exact) mass is 341 g/mol. The number of piperidine rings is 1. The van der Waals surface area contributed by atoms with Gasteiger partial charge in [0, 0.05) is 17.6 Å². The molecule has 0 N–H and O–H groups in total. The van der Waals surface area contributed by atoms with Gasteiger partial charge < -0.3 is 0 Å². The molecule has 0 atom stereocenters. The molecule has 2 fully saturated rings. The topological polar surface area (TPSA) is 37.4 Å². The molecule has 1 aromatic rings. The largest absolute Gasteiger partial charge is 0.244 e. The zero-order chi connectivity index (χ0) is 13.5. The third kappa shape index (κ3) is 2.64. The van der Waals surface area contributed by atoms with E-state index in [2.05, 4.69) is 15.9 Å². The second-order valence-electron chi connectivity index (χ2n) is 5.04. The van der Waals surface area contributed by atoms with Crippen LogP contribution >= 0.6 is 15.9 Å². The van der Waals surface area contributed by atoms with Crippen LogP contribution in [0.3, 0.4) is 0 Å². The summed E-state index contributed by atoms with van der Waals surface area (Å²) in [4.78, 5) is 0.373. The predicted molar refractivity (Wildman–Crippen MR) is 78.4 cm³/mol. The van der Waals surface area contributed by atoms with Crippen LogP contribution in [0, 0.1) is 0 Å². The molecule has 19 heavy (non-hydrogen) atoms. The zero-order valence-corrected chi connectivity index (χ0v) is 13.0. The van der Waals surface area contributed by atoms with Gasteiger partial charge in [-0.05, 0) is 53.7 Å². The standard InChI is InChI=1S/C14H16BrNO2S/c15-13-3-1-2-4-14(13)19(17,18)16-9-7-12(8-10-16)11-5-6-11/h1-4H,5-10H2. The second kappa shape index (κ2) is 5.04. The molecule has 3 rings (SSSR count). The van der Waals surface area contributed by atoms with Crippen molar-refractivity contribution in [2.75, 3.05) is 13.1 Å². The molecular weight excluding hydrogens is 326 g/mol. The van der Waals surface area contributed by atoms with Crippen molar-refractivity contribution in [2.24, 2.45) is 0 Å². The molecule has 0 aromatic heterocycles. The Morgan fingerprint density at radius 2 is 1.53 bits per heavy atom. The van der Waals surface area contributed by atoms with Crippen LogP contribution in [0.2, 0.25) is 0 Å². The summed E-state index contributed by atoms with van der Waals surface area (Å²) >= 11 is 3.33. The molecule has 1 aliphatic carbocycles. The highest BCUT2D eigenvalue weighted by Crippen LogP contribution is 2.37. The van der Waals surface area contributed by atoms with E-state index in [-0.39, 0.29) is 0 Å². The van der Waals surface area contributed by atoms with E-state index >= 15 is 0 Å². The summed E-state index contributed by atoms with van der Waals surface area (Å²) < 4.78 is 27.4. The van der Waals surface area contributed by atoms with Crippen LogP contribution in [-0.4, -0.2) is 25.8 Å². The van der Waals surface area contributed by atoms with E-state index in [1.165, 1.54) is 18.4 Å². The highest BCUT2D eigenvalue weighted by molar-refractivity contribution is 9.10. The summed E-state index contributed by atoms with van der Waals surface area (Å²) in [7, 11) is -3.36. The van der Waals surface area contributed by atoms with Crippen LogP contribution in [0.25, 0.3) is 0 Å². The Labute approximate surface area is 122 Å². The van der Waals surface area contributed by atoms with Crippen molar-refractivity contribution in [2.45, 2.75) is 30.6 Å². The Hall–Kier alpha value is -0.650. The Morgan fingerprint density at radius 1 is 0.947 bits per heavy atom. The quantitative estimate of drug-likeness (QED) is 0.773. The summed E-state index contributed by atoms with van der Waals surface area (Å²) in [6, 6.07) is 7.02. The van der Waals surface area contributed by atoms with Gasteiger partial charge in [0.05, 0.1) is 4.90 Å². The summed E-state index contributed by atoms with van der Waals surface area (Å²) in [6.45, 7) is 1.23. The highest BCUT2D eigenvalue weighted by atomic mass is 79.9. The molecule has 0 bridgehead atoms. The van der Waals surface area contributed by atoms with Crippen LogP contribution in [-0.2, 0) is 10.0 Å². The van der Waals surface area contributed by atoms with Crippen molar-refractivity contribution in [3.8, 4) is 0 Å². The molecule has 1 heterocycles. The molecule has 1 aliphatic heterocycles. The first-order valence-corrected chi connectivity index (χ1v) is 8.77. The molecule has 5 heteroatoms. The number of sulfonamides is 1. The van der Waals surface area contributed by atoms with Crippen LogP contribution < -0.4 is 0 Å². The van der Waals surface area contributed by atoms with Crippen LogP contribution in [0.5, 0.6) is 0 Å². The summed E-state index contributed by atoms with van der Waals surface area (Å²) in [5.41, 5.74) is 3.07. The van der Waals surface area contributed by atoms with Gasteiger partial charge in [-0.1, -0.05) is 23.3 Å². The van der Waals surface area contributed by atoms with Gasteiger partial charge in [0.15, 0.2) is 0 Å². The van der Waals surface area contributed by atoms with Gasteiger partial charge in [-0.25, -0.2) is 8.42 Å². The van der Waals surface area contributed by atoms with Gasteiger partial charge in [0.2, 0.25) is 10.0 Å². The van der Waals surface area contributed by atoms with Crippen molar-refractivity contribution in [3.63, 3.8) is 0 Å². The Kier molecular flexibility index (Phi) is 3.53. The lowest BCUT2D eigenvalue weighted by Crippen LogP contribution is -2.36. The molecule has 0 amide bonds. The maximum absolute atomic E-state index is 12.6. The van der Waals surface area contributed by atoms with Crippen molar-refractivity contribution in [1.82, 2.24) is 4.31 Å². The normalized spacial score (nSPS) is 20.7. The maximum Gasteiger partial charge on any atom is 0.244 e. The van der Waals surface area contributed by atoms with Gasteiger partial charge in [-0.15, -0.1) is 0 Å². The van der Waals surface area contributed by atoms with Gasteiger partial charge in [-0.2, -0.15) is 4.31 Å². The minimum absolute atomic E-state index is 0.373. The van der Waals surface area contributed by atoms with E-state index in [1.807, 2.05) is 6.07 Å². The van der Waals surface area contributed by atoms with E-state index in [0.29, 0.717) is 22.5 Å². The van der Waals surface area contributed by atoms with Gasteiger partial charge in [0.25, 0.3) is 0 Å². The number of allylic oxidation sites excluding steroid dienone is 1. The zero-order valence-electron chi connectivity index (χ0n) is 10.6. The predicted octanol–water partition coefficient (Wildman–Crippen LogP) is 3.32. The lowest BCUT2D eigenvalue weighted by atomic mass is 10.1. The molecule has 0 radical (unpaired) electrons. The van der Waals surface area contributed by atoms with E-state index < -0.39 is 10.0 Å². The van der Waals surface area contributed by atoms with E-state index in [9.17, 15) is 8.42 Å². The molecular formula is C14H16BrNO2S. The van der Waals surface area contributed by atoms with Gasteiger partial charge >= 0.3 is 0 Å². The molecule has 0 spiro atoms. The number of rotatable bonds is 2. The van der Waals surface area contributed by atoms with Crippen molar-refractivity contribution in [3.05, 3.63) is 39.9 Å². The average molecular weight is 342 g/mol. The van der Waals surface area contributed by atoms with Crippen molar-refractivity contribution in [1.29, 1.82) is 0 Å². The second-order valence-corrected chi connectivity index (χ2v) is 7.80. The fourth-order valence-electron chi connectivity index (χ4n) is 2.56. The molecule has 1 saturated heterocycles. The third-order valence-corrected chi connectivity index (χ3v) is 6.69. The minimum Gasteiger partial charge on any atom is -0.207 e. The Bertz CT molecular complexity index is 621. The molecule has 1 aromatic carbocycles. The van der Waals surface area contributed by atoms with Crippen LogP contribution in [0.15, 0.2) is 44.8 Å². The van der Waals surface area contributed by atoms with Gasteiger partial charge in [-0.3, -0.25) is 0 Å². The molecule has 0 unspecified atom stereocenters. The molecule has 3 nitrogen and oxygen atoms in total. The smallest absolute Gasteiger partial charge is 0.207 e. The first-order valence-electron chi connectivity index (χ1n) is 6.53. The number of benzene rings is 1. The van der Waals surface area contributed by atoms with E-state index in [4.69, 9.17) is 0 Å². The highest BCUT2D eigenvalue weighted by Gasteiger charge is 2.30. The number of hydrogen-bond donors (Lipinski definition) is 0. The molecule has 102 valence electrons. The lowest BCUT2D eigenvalue weighted by molar-refractivity contribution is 0.386. The molecule has 2 aliphatic rings. The first kappa shape index (κ1) is 13.3.